The number of sulfonamides is 1. The molecule has 4 atom stereocenters. The lowest BCUT2D eigenvalue weighted by molar-refractivity contribution is 0.142. The van der Waals surface area contributed by atoms with E-state index >= 15 is 0 Å². The van der Waals surface area contributed by atoms with Gasteiger partial charge in [-0.25, -0.2) is 8.42 Å². The Kier molecular flexibility index (Phi) is 5.11. The fourth-order valence-electron chi connectivity index (χ4n) is 5.43. The second-order valence-corrected chi connectivity index (χ2v) is 10.6. The quantitative estimate of drug-likeness (QED) is 0.579. The first-order valence-corrected chi connectivity index (χ1v) is 12.2. The van der Waals surface area contributed by atoms with Gasteiger partial charge in [-0.3, -0.25) is 0 Å². The standard InChI is InChI=1S/C26H27NO3S/c1-18-8-14-22(15-9-18)31(28,29)27-16-23-24(17-27)26(20-10-12-21(30-2)13-11-20)25(23)19-6-4-3-5-7-19/h3-15,23-26H,16-17H2,1-2H3/t23-,24+,25+,26-/m1/s1. The Morgan fingerprint density at radius 1 is 0.774 bits per heavy atom. The molecule has 1 saturated heterocycles. The summed E-state index contributed by atoms with van der Waals surface area (Å²) in [5.74, 6) is 2.11. The van der Waals surface area contributed by atoms with Crippen LogP contribution >= 0.6 is 0 Å². The Balaban J connectivity index is 1.48. The molecule has 1 aliphatic heterocycles. The molecule has 1 saturated carbocycles. The van der Waals surface area contributed by atoms with E-state index in [-0.39, 0.29) is 0 Å². The highest BCUT2D eigenvalue weighted by molar-refractivity contribution is 7.89. The highest BCUT2D eigenvalue weighted by Gasteiger charge is 2.57. The molecule has 0 aromatic heterocycles. The van der Waals surface area contributed by atoms with Crippen LogP contribution in [-0.2, 0) is 10.0 Å². The summed E-state index contributed by atoms with van der Waals surface area (Å²) in [6.45, 7) is 3.12. The van der Waals surface area contributed by atoms with Crippen LogP contribution in [-0.4, -0.2) is 32.9 Å². The van der Waals surface area contributed by atoms with Crippen molar-refractivity contribution < 1.29 is 13.2 Å². The van der Waals surface area contributed by atoms with Crippen molar-refractivity contribution in [2.75, 3.05) is 20.2 Å². The zero-order chi connectivity index (χ0) is 21.6. The third-order valence-electron chi connectivity index (χ3n) is 7.03. The van der Waals surface area contributed by atoms with Crippen LogP contribution in [0.2, 0.25) is 0 Å². The van der Waals surface area contributed by atoms with Gasteiger partial charge in [0.25, 0.3) is 0 Å². The molecule has 1 aliphatic carbocycles. The molecule has 0 radical (unpaired) electrons. The van der Waals surface area contributed by atoms with Crippen molar-refractivity contribution in [1.82, 2.24) is 4.31 Å². The summed E-state index contributed by atoms with van der Waals surface area (Å²) in [6.07, 6.45) is 0. The van der Waals surface area contributed by atoms with E-state index in [0.29, 0.717) is 41.7 Å². The minimum absolute atomic E-state index is 0.302. The summed E-state index contributed by atoms with van der Waals surface area (Å²) >= 11 is 0. The van der Waals surface area contributed by atoms with Crippen molar-refractivity contribution in [3.05, 3.63) is 95.6 Å². The van der Waals surface area contributed by atoms with Crippen LogP contribution < -0.4 is 4.74 Å². The summed E-state index contributed by atoms with van der Waals surface area (Å²) in [5.41, 5.74) is 3.61. The summed E-state index contributed by atoms with van der Waals surface area (Å²) in [4.78, 5) is 0.386. The molecule has 5 rings (SSSR count). The van der Waals surface area contributed by atoms with Crippen molar-refractivity contribution in [2.24, 2.45) is 11.8 Å². The Morgan fingerprint density at radius 2 is 1.32 bits per heavy atom. The molecule has 0 N–H and O–H groups in total. The van der Waals surface area contributed by atoms with Gasteiger partial charge in [0, 0.05) is 13.1 Å². The lowest BCUT2D eigenvalue weighted by Gasteiger charge is -2.49. The molecule has 31 heavy (non-hydrogen) atoms. The molecule has 0 unspecified atom stereocenters. The first kappa shape index (κ1) is 20.3. The van der Waals surface area contributed by atoms with Crippen LogP contribution in [0.15, 0.2) is 83.8 Å². The molecule has 2 fully saturated rings. The van der Waals surface area contributed by atoms with E-state index in [1.54, 1.807) is 23.5 Å². The van der Waals surface area contributed by atoms with Gasteiger partial charge in [-0.05, 0) is 66.0 Å². The maximum absolute atomic E-state index is 13.3. The number of hydrogen-bond acceptors (Lipinski definition) is 3. The van der Waals surface area contributed by atoms with Crippen molar-refractivity contribution in [3.63, 3.8) is 0 Å². The van der Waals surface area contributed by atoms with Crippen LogP contribution in [0.1, 0.15) is 28.5 Å². The molecule has 4 nitrogen and oxygen atoms in total. The Morgan fingerprint density at radius 3 is 1.87 bits per heavy atom. The van der Waals surface area contributed by atoms with Crippen LogP contribution in [0.5, 0.6) is 5.75 Å². The fourth-order valence-corrected chi connectivity index (χ4v) is 6.94. The van der Waals surface area contributed by atoms with Gasteiger partial charge >= 0.3 is 0 Å². The minimum Gasteiger partial charge on any atom is -0.497 e. The highest BCUT2D eigenvalue weighted by atomic mass is 32.2. The van der Waals surface area contributed by atoms with Gasteiger partial charge in [-0.15, -0.1) is 0 Å². The van der Waals surface area contributed by atoms with E-state index in [1.165, 1.54) is 11.1 Å². The smallest absolute Gasteiger partial charge is 0.243 e. The predicted octanol–water partition coefficient (Wildman–Crippen LogP) is 4.82. The number of methoxy groups -OCH3 is 1. The van der Waals surface area contributed by atoms with Crippen molar-refractivity contribution in [2.45, 2.75) is 23.7 Å². The highest BCUT2D eigenvalue weighted by Crippen LogP contribution is 2.61. The number of fused-ring (bicyclic) bond motifs is 1. The van der Waals surface area contributed by atoms with E-state index in [2.05, 4.69) is 36.4 Å². The molecule has 160 valence electrons. The minimum atomic E-state index is -3.49. The lowest BCUT2D eigenvalue weighted by atomic mass is 9.54. The summed E-state index contributed by atoms with van der Waals surface area (Å²) in [7, 11) is -1.82. The van der Waals surface area contributed by atoms with Gasteiger partial charge in [0.05, 0.1) is 12.0 Å². The normalized spacial score (nSPS) is 25.6. The van der Waals surface area contributed by atoms with Gasteiger partial charge in [0.2, 0.25) is 10.0 Å². The molecule has 3 aromatic rings. The maximum Gasteiger partial charge on any atom is 0.243 e. The molecule has 0 spiro atoms. The van der Waals surface area contributed by atoms with E-state index in [1.807, 2.05) is 37.3 Å². The molecular weight excluding hydrogens is 406 g/mol. The largest absolute Gasteiger partial charge is 0.497 e. The Hall–Kier alpha value is -2.63. The van der Waals surface area contributed by atoms with Crippen LogP contribution in [0.3, 0.4) is 0 Å². The van der Waals surface area contributed by atoms with Crippen molar-refractivity contribution in [3.8, 4) is 5.75 Å². The second kappa shape index (κ2) is 7.81. The van der Waals surface area contributed by atoms with Crippen LogP contribution in [0.4, 0.5) is 0 Å². The Bertz CT molecular complexity index is 1160. The predicted molar refractivity (Wildman–Crippen MR) is 122 cm³/mol. The molecule has 2 aliphatic rings. The van der Waals surface area contributed by atoms with Crippen molar-refractivity contribution in [1.29, 1.82) is 0 Å². The topological polar surface area (TPSA) is 46.6 Å². The number of nitrogens with zero attached hydrogens (tertiary/aromatic N) is 1. The van der Waals surface area contributed by atoms with Crippen LogP contribution in [0, 0.1) is 18.8 Å². The molecule has 0 amide bonds. The third-order valence-corrected chi connectivity index (χ3v) is 8.88. The summed E-state index contributed by atoms with van der Waals surface area (Å²) in [6, 6.07) is 26.0. The number of rotatable bonds is 5. The van der Waals surface area contributed by atoms with Gasteiger partial charge in [0.1, 0.15) is 5.75 Å². The van der Waals surface area contributed by atoms with Gasteiger partial charge in [0.15, 0.2) is 0 Å². The van der Waals surface area contributed by atoms with Crippen LogP contribution in [0.25, 0.3) is 0 Å². The molecule has 1 heterocycles. The maximum atomic E-state index is 13.3. The van der Waals surface area contributed by atoms with E-state index in [9.17, 15) is 8.42 Å². The molecule has 3 aromatic carbocycles. The van der Waals surface area contributed by atoms with E-state index < -0.39 is 10.0 Å². The molecular formula is C26H27NO3S. The average molecular weight is 434 g/mol. The summed E-state index contributed by atoms with van der Waals surface area (Å²) < 4.78 is 33.7. The van der Waals surface area contributed by atoms with Gasteiger partial charge < -0.3 is 4.74 Å². The monoisotopic (exact) mass is 433 g/mol. The average Bonchev–Trinajstić information content (AvgIpc) is 3.15. The second-order valence-electron chi connectivity index (χ2n) is 8.70. The first-order valence-electron chi connectivity index (χ1n) is 10.7. The van der Waals surface area contributed by atoms with E-state index in [4.69, 9.17) is 4.74 Å². The van der Waals surface area contributed by atoms with Gasteiger partial charge in [-0.2, -0.15) is 4.31 Å². The Labute approximate surface area is 184 Å². The zero-order valence-electron chi connectivity index (χ0n) is 17.8. The SMILES string of the molecule is COc1ccc([C@@H]2[C@H]3CN(S(=O)(=O)c4ccc(C)cc4)C[C@H]3[C@@H]2c2ccccc2)cc1. The van der Waals surface area contributed by atoms with E-state index in [0.717, 1.165) is 11.3 Å². The number of benzene rings is 3. The molecule has 0 bridgehead atoms. The number of hydrogen-bond donors (Lipinski definition) is 0. The van der Waals surface area contributed by atoms with Gasteiger partial charge in [-0.1, -0.05) is 60.2 Å². The number of ether oxygens (including phenoxy) is 1. The zero-order valence-corrected chi connectivity index (χ0v) is 18.6. The lowest BCUT2D eigenvalue weighted by Crippen LogP contribution is -2.42. The van der Waals surface area contributed by atoms with Crippen molar-refractivity contribution >= 4 is 10.0 Å². The number of aryl methyl sites for hydroxylation is 1. The first-order chi connectivity index (χ1) is 15.0. The fraction of sp³-hybridized carbons (Fsp3) is 0.308. The third kappa shape index (κ3) is 3.46. The summed E-state index contributed by atoms with van der Waals surface area (Å²) in [5, 5.41) is 0. The molecule has 5 heteroatoms.